The number of hydrogen-bond donors (Lipinski definition) is 0. The van der Waals surface area contributed by atoms with Gasteiger partial charge in [-0.15, -0.1) is 0 Å². The van der Waals surface area contributed by atoms with Gasteiger partial charge in [0.05, 0.1) is 23.6 Å². The van der Waals surface area contributed by atoms with Crippen LogP contribution in [0, 0.1) is 5.92 Å². The van der Waals surface area contributed by atoms with E-state index in [0.29, 0.717) is 44.3 Å². The third-order valence-electron chi connectivity index (χ3n) is 5.79. The smallest absolute Gasteiger partial charge is 0.309 e. The lowest BCUT2D eigenvalue weighted by atomic mass is 9.97. The maximum Gasteiger partial charge on any atom is 0.309 e. The lowest BCUT2D eigenvalue weighted by Gasteiger charge is -2.31. The van der Waals surface area contributed by atoms with Gasteiger partial charge < -0.3 is 9.64 Å². The lowest BCUT2D eigenvalue weighted by molar-refractivity contribution is -0.151. The predicted molar refractivity (Wildman–Crippen MR) is 119 cm³/mol. The highest BCUT2D eigenvalue weighted by molar-refractivity contribution is 5.84. The van der Waals surface area contributed by atoms with Crippen molar-refractivity contribution in [3.63, 3.8) is 0 Å². The molecule has 0 radical (unpaired) electrons. The molecule has 0 unspecified atom stereocenters. The quantitative estimate of drug-likeness (QED) is 0.552. The molecule has 0 atom stereocenters. The van der Waals surface area contributed by atoms with E-state index in [-0.39, 0.29) is 29.9 Å². The molecule has 1 aliphatic rings. The SMILES string of the molecule is CCOC(=O)C1CCN(C(=O)Cn2nc(Cc3cccnc3)c3ccccc3c2=O)CC1. The van der Waals surface area contributed by atoms with E-state index in [1.54, 1.807) is 30.3 Å². The molecule has 3 heterocycles. The zero-order chi connectivity index (χ0) is 22.5. The summed E-state index contributed by atoms with van der Waals surface area (Å²) in [6.07, 6.45) is 5.12. The number of amides is 1. The van der Waals surface area contributed by atoms with Gasteiger partial charge in [-0.25, -0.2) is 4.68 Å². The third-order valence-corrected chi connectivity index (χ3v) is 5.79. The highest BCUT2D eigenvalue weighted by Crippen LogP contribution is 2.20. The average molecular weight is 434 g/mol. The van der Waals surface area contributed by atoms with Crippen LogP contribution >= 0.6 is 0 Å². The summed E-state index contributed by atoms with van der Waals surface area (Å²) < 4.78 is 6.35. The minimum Gasteiger partial charge on any atom is -0.466 e. The van der Waals surface area contributed by atoms with Crippen molar-refractivity contribution in [3.8, 4) is 0 Å². The molecule has 0 N–H and O–H groups in total. The molecule has 3 aromatic rings. The van der Waals surface area contributed by atoms with Gasteiger partial charge in [0.25, 0.3) is 5.56 Å². The lowest BCUT2D eigenvalue weighted by Crippen LogP contribution is -2.43. The fraction of sp³-hybridized carbons (Fsp3) is 0.375. The van der Waals surface area contributed by atoms with Crippen molar-refractivity contribution in [1.82, 2.24) is 19.7 Å². The third kappa shape index (κ3) is 4.69. The summed E-state index contributed by atoms with van der Waals surface area (Å²) in [7, 11) is 0. The number of ether oxygens (including phenoxy) is 1. The molecule has 0 saturated carbocycles. The molecule has 1 amide bonds. The van der Waals surface area contributed by atoms with Crippen LogP contribution in [-0.4, -0.2) is 51.2 Å². The average Bonchev–Trinajstić information content (AvgIpc) is 2.83. The number of likely N-dealkylation sites (tertiary alicyclic amines) is 1. The van der Waals surface area contributed by atoms with E-state index in [1.165, 1.54) is 4.68 Å². The van der Waals surface area contributed by atoms with Gasteiger partial charge >= 0.3 is 5.97 Å². The van der Waals surface area contributed by atoms with E-state index in [0.717, 1.165) is 16.6 Å². The van der Waals surface area contributed by atoms with Crippen LogP contribution < -0.4 is 5.56 Å². The Labute approximate surface area is 185 Å². The number of benzene rings is 1. The predicted octanol–water partition coefficient (Wildman–Crippen LogP) is 2.18. The second-order valence-electron chi connectivity index (χ2n) is 7.90. The van der Waals surface area contributed by atoms with Crippen LogP contribution in [0.15, 0.2) is 53.6 Å². The van der Waals surface area contributed by atoms with Crippen LogP contribution in [0.3, 0.4) is 0 Å². The first-order valence-corrected chi connectivity index (χ1v) is 10.9. The first-order chi connectivity index (χ1) is 15.6. The Balaban J connectivity index is 1.54. The van der Waals surface area contributed by atoms with E-state index in [2.05, 4.69) is 10.1 Å². The second-order valence-corrected chi connectivity index (χ2v) is 7.90. The molecule has 8 nitrogen and oxygen atoms in total. The molecule has 1 aromatic carbocycles. The molecule has 0 spiro atoms. The molecule has 0 aliphatic carbocycles. The maximum atomic E-state index is 13.0. The molecular weight excluding hydrogens is 408 g/mol. The van der Waals surface area contributed by atoms with Gasteiger partial charge in [0.1, 0.15) is 6.54 Å². The van der Waals surface area contributed by atoms with Gasteiger partial charge in [0, 0.05) is 37.3 Å². The number of hydrogen-bond acceptors (Lipinski definition) is 6. The number of rotatable bonds is 6. The molecule has 166 valence electrons. The number of aromatic nitrogens is 3. The Kier molecular flexibility index (Phi) is 6.58. The van der Waals surface area contributed by atoms with Crippen LogP contribution in [0.2, 0.25) is 0 Å². The number of fused-ring (bicyclic) bond motifs is 1. The van der Waals surface area contributed by atoms with Crippen molar-refractivity contribution in [2.45, 2.75) is 32.7 Å². The topological polar surface area (TPSA) is 94.4 Å². The Morgan fingerprint density at radius 3 is 2.53 bits per heavy atom. The Bertz CT molecular complexity index is 1170. The van der Waals surface area contributed by atoms with E-state index < -0.39 is 0 Å². The fourth-order valence-corrected chi connectivity index (χ4v) is 4.09. The Hall–Kier alpha value is -3.55. The monoisotopic (exact) mass is 434 g/mol. The molecule has 1 aliphatic heterocycles. The zero-order valence-corrected chi connectivity index (χ0v) is 18.1. The number of carbonyl (C=O) groups excluding carboxylic acids is 2. The van der Waals surface area contributed by atoms with Crippen molar-refractivity contribution in [1.29, 1.82) is 0 Å². The van der Waals surface area contributed by atoms with E-state index in [9.17, 15) is 14.4 Å². The zero-order valence-electron chi connectivity index (χ0n) is 18.1. The minimum absolute atomic E-state index is 0.131. The highest BCUT2D eigenvalue weighted by atomic mass is 16.5. The highest BCUT2D eigenvalue weighted by Gasteiger charge is 2.28. The van der Waals surface area contributed by atoms with E-state index >= 15 is 0 Å². The minimum atomic E-state index is -0.287. The summed E-state index contributed by atoms with van der Waals surface area (Å²) in [4.78, 5) is 43.7. The van der Waals surface area contributed by atoms with Gasteiger partial charge in [-0.1, -0.05) is 24.3 Å². The molecule has 8 heteroatoms. The number of esters is 1. The van der Waals surface area contributed by atoms with Crippen molar-refractivity contribution in [3.05, 3.63) is 70.4 Å². The van der Waals surface area contributed by atoms with Crippen LogP contribution in [0.5, 0.6) is 0 Å². The number of nitrogens with zero attached hydrogens (tertiary/aromatic N) is 4. The number of pyridine rings is 1. The molecular formula is C24H26N4O4. The maximum absolute atomic E-state index is 13.0. The Morgan fingerprint density at radius 2 is 1.84 bits per heavy atom. The first kappa shape index (κ1) is 21.7. The van der Waals surface area contributed by atoms with Crippen LogP contribution in [0.1, 0.15) is 31.0 Å². The Morgan fingerprint density at radius 1 is 1.09 bits per heavy atom. The van der Waals surface area contributed by atoms with Crippen LogP contribution in [0.25, 0.3) is 10.8 Å². The van der Waals surface area contributed by atoms with E-state index in [4.69, 9.17) is 4.74 Å². The summed E-state index contributed by atoms with van der Waals surface area (Å²) >= 11 is 0. The molecule has 32 heavy (non-hydrogen) atoms. The fourth-order valence-electron chi connectivity index (χ4n) is 4.09. The van der Waals surface area contributed by atoms with Gasteiger partial charge in [-0.3, -0.25) is 19.4 Å². The van der Waals surface area contributed by atoms with Crippen molar-refractivity contribution < 1.29 is 14.3 Å². The van der Waals surface area contributed by atoms with Gasteiger partial charge in [0.15, 0.2) is 0 Å². The number of piperidine rings is 1. The van der Waals surface area contributed by atoms with E-state index in [1.807, 2.05) is 30.3 Å². The normalized spacial score (nSPS) is 14.5. The van der Waals surface area contributed by atoms with Crippen molar-refractivity contribution in [2.75, 3.05) is 19.7 Å². The summed E-state index contributed by atoms with van der Waals surface area (Å²) in [6.45, 7) is 2.94. The molecule has 1 fully saturated rings. The first-order valence-electron chi connectivity index (χ1n) is 10.9. The summed E-state index contributed by atoms with van der Waals surface area (Å²) in [5, 5.41) is 5.87. The van der Waals surface area contributed by atoms with Crippen molar-refractivity contribution >= 4 is 22.6 Å². The summed E-state index contributed by atoms with van der Waals surface area (Å²) in [5.74, 6) is -0.553. The molecule has 4 rings (SSSR count). The number of carbonyl (C=O) groups is 2. The molecule has 2 aromatic heterocycles. The van der Waals surface area contributed by atoms with Gasteiger partial charge in [-0.05, 0) is 37.5 Å². The van der Waals surface area contributed by atoms with Gasteiger partial charge in [-0.2, -0.15) is 5.10 Å². The summed E-state index contributed by atoms with van der Waals surface area (Å²) in [5.41, 5.74) is 1.41. The standard InChI is InChI=1S/C24H26N4O4/c1-2-32-24(31)18-9-12-27(13-10-18)22(29)16-28-23(30)20-8-4-3-7-19(20)21(26-28)14-17-6-5-11-25-15-17/h3-8,11,15,18H,2,9-10,12-14,16H2,1H3. The molecule has 0 bridgehead atoms. The largest absolute Gasteiger partial charge is 0.466 e. The van der Waals surface area contributed by atoms with Gasteiger partial charge in [0.2, 0.25) is 5.91 Å². The van der Waals surface area contributed by atoms with Crippen LogP contribution in [-0.2, 0) is 27.3 Å². The van der Waals surface area contributed by atoms with Crippen LogP contribution in [0.4, 0.5) is 0 Å². The second kappa shape index (κ2) is 9.72. The van der Waals surface area contributed by atoms with Crippen molar-refractivity contribution in [2.24, 2.45) is 5.92 Å². The summed E-state index contributed by atoms with van der Waals surface area (Å²) in [6, 6.07) is 11.1. The molecule has 1 saturated heterocycles.